The van der Waals surface area contributed by atoms with Crippen LogP contribution in [0.3, 0.4) is 0 Å². The van der Waals surface area contributed by atoms with Gasteiger partial charge in [-0.1, -0.05) is 6.07 Å². The molecule has 2 aromatic carbocycles. The topological polar surface area (TPSA) is 56.3 Å². The molecule has 0 amide bonds. The zero-order valence-corrected chi connectivity index (χ0v) is 12.3. The van der Waals surface area contributed by atoms with Crippen LogP contribution in [0, 0.1) is 0 Å². The second kappa shape index (κ2) is 5.35. The molecule has 0 aliphatic carbocycles. The van der Waals surface area contributed by atoms with Gasteiger partial charge in [0, 0.05) is 28.3 Å². The van der Waals surface area contributed by atoms with E-state index < -0.39 is 9.05 Å². The SMILES string of the molecule is O=S(=O)(Cl)c1ccc(Oc2ccc3cccnc3c2)cc1. The van der Waals surface area contributed by atoms with Crippen molar-refractivity contribution in [3.05, 3.63) is 60.8 Å². The van der Waals surface area contributed by atoms with Crippen molar-refractivity contribution < 1.29 is 13.2 Å². The molecule has 0 bridgehead atoms. The number of benzene rings is 2. The molecule has 3 aromatic rings. The maximum absolute atomic E-state index is 11.2. The fourth-order valence-electron chi connectivity index (χ4n) is 1.92. The molecular weight excluding hydrogens is 310 g/mol. The van der Waals surface area contributed by atoms with E-state index in [1.54, 1.807) is 18.3 Å². The number of rotatable bonds is 3. The van der Waals surface area contributed by atoms with Gasteiger partial charge in [-0.05, 0) is 42.5 Å². The molecule has 0 aliphatic heterocycles. The van der Waals surface area contributed by atoms with E-state index in [1.165, 1.54) is 12.1 Å². The normalized spacial score (nSPS) is 11.5. The molecule has 0 saturated carbocycles. The molecule has 0 spiro atoms. The Balaban J connectivity index is 1.88. The third-order valence-corrected chi connectivity index (χ3v) is 4.29. The number of nitrogens with zero attached hydrogens (tertiary/aromatic N) is 1. The third kappa shape index (κ3) is 3.15. The Morgan fingerprint density at radius 3 is 2.38 bits per heavy atom. The van der Waals surface area contributed by atoms with Gasteiger partial charge in [-0.15, -0.1) is 0 Å². The minimum absolute atomic E-state index is 0.0386. The molecule has 106 valence electrons. The molecule has 6 heteroatoms. The van der Waals surface area contributed by atoms with Crippen molar-refractivity contribution in [3.8, 4) is 11.5 Å². The van der Waals surface area contributed by atoms with Crippen LogP contribution in [-0.2, 0) is 9.05 Å². The Kier molecular flexibility index (Phi) is 3.53. The lowest BCUT2D eigenvalue weighted by molar-refractivity contribution is 0.483. The lowest BCUT2D eigenvalue weighted by atomic mass is 10.2. The zero-order chi connectivity index (χ0) is 14.9. The highest BCUT2D eigenvalue weighted by atomic mass is 35.7. The molecule has 1 aromatic heterocycles. The highest BCUT2D eigenvalue weighted by molar-refractivity contribution is 8.13. The lowest BCUT2D eigenvalue weighted by Crippen LogP contribution is -1.90. The van der Waals surface area contributed by atoms with Gasteiger partial charge in [0.2, 0.25) is 0 Å². The molecule has 3 rings (SSSR count). The van der Waals surface area contributed by atoms with E-state index in [0.717, 1.165) is 10.9 Å². The molecule has 0 atom stereocenters. The third-order valence-electron chi connectivity index (χ3n) is 2.92. The largest absolute Gasteiger partial charge is 0.457 e. The highest BCUT2D eigenvalue weighted by Gasteiger charge is 2.09. The van der Waals surface area contributed by atoms with Gasteiger partial charge in [0.05, 0.1) is 10.4 Å². The standard InChI is InChI=1S/C15H10ClNO3S/c16-21(18,19)14-7-5-12(6-8-14)20-13-4-3-11-2-1-9-17-15(11)10-13/h1-10H. The summed E-state index contributed by atoms with van der Waals surface area (Å²) in [6, 6.07) is 15.3. The summed E-state index contributed by atoms with van der Waals surface area (Å²) < 4.78 is 28.0. The zero-order valence-electron chi connectivity index (χ0n) is 10.7. The van der Waals surface area contributed by atoms with Gasteiger partial charge in [-0.2, -0.15) is 0 Å². The first-order valence-corrected chi connectivity index (χ1v) is 8.41. The molecule has 0 aliphatic rings. The van der Waals surface area contributed by atoms with Gasteiger partial charge in [0.25, 0.3) is 9.05 Å². The van der Waals surface area contributed by atoms with Crippen LogP contribution >= 0.6 is 10.7 Å². The van der Waals surface area contributed by atoms with Crippen LogP contribution in [0.1, 0.15) is 0 Å². The molecule has 0 radical (unpaired) electrons. The second-order valence-electron chi connectivity index (χ2n) is 4.37. The maximum atomic E-state index is 11.2. The average Bonchev–Trinajstić information content (AvgIpc) is 2.47. The Bertz CT molecular complexity index is 892. The summed E-state index contributed by atoms with van der Waals surface area (Å²) in [5, 5.41) is 1.02. The van der Waals surface area contributed by atoms with Crippen LogP contribution in [0.25, 0.3) is 10.9 Å². The van der Waals surface area contributed by atoms with Crippen LogP contribution in [0.4, 0.5) is 0 Å². The minimum Gasteiger partial charge on any atom is -0.457 e. The van der Waals surface area contributed by atoms with E-state index >= 15 is 0 Å². The van der Waals surface area contributed by atoms with Crippen molar-refractivity contribution >= 4 is 30.6 Å². The molecule has 21 heavy (non-hydrogen) atoms. The predicted molar refractivity (Wildman–Crippen MR) is 81.3 cm³/mol. The number of pyridine rings is 1. The molecule has 0 fully saturated rings. The summed E-state index contributed by atoms with van der Waals surface area (Å²) in [7, 11) is 1.54. The monoisotopic (exact) mass is 319 g/mol. The van der Waals surface area contributed by atoms with Crippen molar-refractivity contribution in [3.63, 3.8) is 0 Å². The Labute approximate surface area is 126 Å². The van der Waals surface area contributed by atoms with Crippen LogP contribution in [0.5, 0.6) is 11.5 Å². The van der Waals surface area contributed by atoms with Gasteiger partial charge in [-0.25, -0.2) is 8.42 Å². The number of ether oxygens (including phenoxy) is 1. The molecular formula is C15H10ClNO3S. The summed E-state index contributed by atoms with van der Waals surface area (Å²) in [5.41, 5.74) is 0.829. The number of hydrogen-bond acceptors (Lipinski definition) is 4. The van der Waals surface area contributed by atoms with Crippen LogP contribution in [0.15, 0.2) is 65.7 Å². The Hall–Kier alpha value is -2.11. The highest BCUT2D eigenvalue weighted by Crippen LogP contribution is 2.26. The summed E-state index contributed by atoms with van der Waals surface area (Å²) in [6.07, 6.45) is 1.71. The lowest BCUT2D eigenvalue weighted by Gasteiger charge is -2.07. The van der Waals surface area contributed by atoms with Crippen molar-refractivity contribution in [2.75, 3.05) is 0 Å². The molecule has 4 nitrogen and oxygen atoms in total. The average molecular weight is 320 g/mol. The first kappa shape index (κ1) is 13.9. The van der Waals surface area contributed by atoms with Crippen LogP contribution in [0.2, 0.25) is 0 Å². The fourth-order valence-corrected chi connectivity index (χ4v) is 2.69. The van der Waals surface area contributed by atoms with Gasteiger partial charge in [0.15, 0.2) is 0 Å². The molecule has 1 heterocycles. The predicted octanol–water partition coefficient (Wildman–Crippen LogP) is 3.95. The van der Waals surface area contributed by atoms with Crippen molar-refractivity contribution in [1.82, 2.24) is 4.98 Å². The fraction of sp³-hybridized carbons (Fsp3) is 0. The smallest absolute Gasteiger partial charge is 0.261 e. The second-order valence-corrected chi connectivity index (χ2v) is 6.94. The summed E-state index contributed by atoms with van der Waals surface area (Å²) in [5.74, 6) is 1.15. The number of hydrogen-bond donors (Lipinski definition) is 0. The van der Waals surface area contributed by atoms with E-state index in [-0.39, 0.29) is 4.90 Å². The Morgan fingerprint density at radius 1 is 0.952 bits per heavy atom. The Morgan fingerprint density at radius 2 is 1.67 bits per heavy atom. The van der Waals surface area contributed by atoms with Crippen molar-refractivity contribution in [2.45, 2.75) is 4.90 Å². The van der Waals surface area contributed by atoms with Crippen LogP contribution in [-0.4, -0.2) is 13.4 Å². The molecule has 0 N–H and O–H groups in total. The van der Waals surface area contributed by atoms with Crippen molar-refractivity contribution in [1.29, 1.82) is 0 Å². The number of fused-ring (bicyclic) bond motifs is 1. The first-order valence-electron chi connectivity index (χ1n) is 6.10. The maximum Gasteiger partial charge on any atom is 0.261 e. The van der Waals surface area contributed by atoms with E-state index in [1.807, 2.05) is 30.3 Å². The van der Waals surface area contributed by atoms with Gasteiger partial charge in [-0.3, -0.25) is 4.98 Å². The van der Waals surface area contributed by atoms with Gasteiger partial charge >= 0.3 is 0 Å². The van der Waals surface area contributed by atoms with E-state index in [4.69, 9.17) is 15.4 Å². The van der Waals surface area contributed by atoms with Gasteiger partial charge in [0.1, 0.15) is 11.5 Å². The van der Waals surface area contributed by atoms with E-state index in [2.05, 4.69) is 4.98 Å². The molecule has 0 unspecified atom stereocenters. The quantitative estimate of drug-likeness (QED) is 0.686. The molecule has 0 saturated heterocycles. The first-order chi connectivity index (χ1) is 10.0. The number of halogens is 1. The summed E-state index contributed by atoms with van der Waals surface area (Å²) in [6.45, 7) is 0. The number of aromatic nitrogens is 1. The van der Waals surface area contributed by atoms with E-state index in [0.29, 0.717) is 11.5 Å². The van der Waals surface area contributed by atoms with E-state index in [9.17, 15) is 8.42 Å². The van der Waals surface area contributed by atoms with Crippen molar-refractivity contribution in [2.24, 2.45) is 0 Å². The summed E-state index contributed by atoms with van der Waals surface area (Å²) >= 11 is 0. The summed E-state index contributed by atoms with van der Waals surface area (Å²) in [4.78, 5) is 4.29. The minimum atomic E-state index is -3.71. The van der Waals surface area contributed by atoms with Gasteiger partial charge < -0.3 is 4.74 Å². The van der Waals surface area contributed by atoms with Crippen LogP contribution < -0.4 is 4.74 Å².